The number of halogens is 2. The average Bonchev–Trinajstić information content (AvgIpc) is 2.99. The van der Waals surface area contributed by atoms with Gasteiger partial charge in [0, 0.05) is 13.1 Å². The summed E-state index contributed by atoms with van der Waals surface area (Å²) in [7, 11) is 0. The lowest BCUT2D eigenvalue weighted by molar-refractivity contribution is -0.127. The van der Waals surface area contributed by atoms with Crippen LogP contribution in [0.5, 0.6) is 0 Å². The van der Waals surface area contributed by atoms with Crippen LogP contribution >= 0.6 is 27.5 Å². The van der Waals surface area contributed by atoms with Gasteiger partial charge in [0.15, 0.2) is 11.9 Å². The van der Waals surface area contributed by atoms with Crippen LogP contribution in [0.3, 0.4) is 0 Å². The first-order chi connectivity index (χ1) is 13.8. The van der Waals surface area contributed by atoms with Crippen LogP contribution in [0.1, 0.15) is 46.3 Å². The number of amides is 2. The lowest BCUT2D eigenvalue weighted by Crippen LogP contribution is -2.44. The SMILES string of the molecule is NC(=O)C(N1CCCCC1)n1nc(C(=O)O)c(Br)c1NC(=O)c1ccccc1Cl. The molecule has 1 aromatic carbocycles. The second-order valence-electron chi connectivity index (χ2n) is 6.57. The number of carbonyl (C=O) groups excluding carboxylic acids is 2. The molecule has 0 saturated carbocycles. The second-order valence-corrected chi connectivity index (χ2v) is 7.77. The number of anilines is 1. The van der Waals surface area contributed by atoms with Gasteiger partial charge in [-0.15, -0.1) is 0 Å². The monoisotopic (exact) mass is 483 g/mol. The zero-order chi connectivity index (χ0) is 21.1. The number of likely N-dealkylation sites (tertiary alicyclic amines) is 1. The van der Waals surface area contributed by atoms with E-state index < -0.39 is 23.9 Å². The first-order valence-electron chi connectivity index (χ1n) is 8.91. The number of carboxylic acid groups (broad SMARTS) is 1. The fourth-order valence-electron chi connectivity index (χ4n) is 3.28. The van der Waals surface area contributed by atoms with Crippen LogP contribution in [0.4, 0.5) is 5.82 Å². The maximum absolute atomic E-state index is 12.8. The number of carboxylic acids is 1. The van der Waals surface area contributed by atoms with Crippen LogP contribution in [0.25, 0.3) is 0 Å². The summed E-state index contributed by atoms with van der Waals surface area (Å²) >= 11 is 9.27. The topological polar surface area (TPSA) is 131 Å². The maximum atomic E-state index is 12.8. The first-order valence-corrected chi connectivity index (χ1v) is 10.1. The maximum Gasteiger partial charge on any atom is 0.357 e. The molecular weight excluding hydrogens is 466 g/mol. The average molecular weight is 485 g/mol. The number of aromatic nitrogens is 2. The Morgan fingerprint density at radius 1 is 1.21 bits per heavy atom. The normalized spacial score (nSPS) is 15.7. The van der Waals surface area contributed by atoms with Crippen molar-refractivity contribution >= 4 is 51.1 Å². The third-order valence-electron chi connectivity index (χ3n) is 4.63. The van der Waals surface area contributed by atoms with Crippen molar-refractivity contribution < 1.29 is 19.5 Å². The van der Waals surface area contributed by atoms with E-state index in [2.05, 4.69) is 26.3 Å². The minimum atomic E-state index is -1.31. The van der Waals surface area contributed by atoms with Crippen molar-refractivity contribution in [3.05, 3.63) is 45.0 Å². The number of primary amides is 1. The molecule has 1 aliphatic heterocycles. The van der Waals surface area contributed by atoms with Gasteiger partial charge in [-0.2, -0.15) is 5.10 Å². The van der Waals surface area contributed by atoms with E-state index in [0.717, 1.165) is 23.9 Å². The van der Waals surface area contributed by atoms with E-state index in [1.165, 1.54) is 6.07 Å². The molecule has 1 fully saturated rings. The molecule has 1 saturated heterocycles. The Morgan fingerprint density at radius 3 is 2.45 bits per heavy atom. The van der Waals surface area contributed by atoms with Gasteiger partial charge in [-0.3, -0.25) is 14.5 Å². The van der Waals surface area contributed by atoms with Crippen molar-refractivity contribution in [2.24, 2.45) is 5.73 Å². The quantitative estimate of drug-likeness (QED) is 0.578. The van der Waals surface area contributed by atoms with Crippen LogP contribution in [0, 0.1) is 0 Å². The molecule has 1 unspecified atom stereocenters. The Morgan fingerprint density at radius 2 is 1.86 bits per heavy atom. The van der Waals surface area contributed by atoms with Gasteiger partial charge in [0.1, 0.15) is 5.82 Å². The molecule has 1 atom stereocenters. The number of nitrogens with two attached hydrogens (primary N) is 1. The van der Waals surface area contributed by atoms with E-state index >= 15 is 0 Å². The van der Waals surface area contributed by atoms with Gasteiger partial charge in [0.2, 0.25) is 0 Å². The summed E-state index contributed by atoms with van der Waals surface area (Å²) in [5.41, 5.74) is 5.48. The number of nitrogens with zero attached hydrogens (tertiary/aromatic N) is 3. The largest absolute Gasteiger partial charge is 0.476 e. The van der Waals surface area contributed by atoms with Gasteiger partial charge >= 0.3 is 5.97 Å². The number of rotatable bonds is 6. The van der Waals surface area contributed by atoms with Crippen molar-refractivity contribution in [1.82, 2.24) is 14.7 Å². The highest BCUT2D eigenvalue weighted by Gasteiger charge is 2.33. The van der Waals surface area contributed by atoms with Gasteiger partial charge in [0.25, 0.3) is 11.8 Å². The van der Waals surface area contributed by atoms with E-state index in [0.29, 0.717) is 13.1 Å². The lowest BCUT2D eigenvalue weighted by atomic mass is 10.1. The minimum absolute atomic E-state index is 0.0155. The molecule has 11 heteroatoms. The molecule has 0 spiro atoms. The molecule has 0 radical (unpaired) electrons. The zero-order valence-corrected chi connectivity index (χ0v) is 17.6. The summed E-state index contributed by atoms with van der Waals surface area (Å²) in [6, 6.07) is 6.42. The molecule has 1 aliphatic rings. The number of hydrogen-bond donors (Lipinski definition) is 3. The highest BCUT2D eigenvalue weighted by molar-refractivity contribution is 9.10. The Labute approximate surface area is 179 Å². The predicted octanol–water partition coefficient (Wildman–Crippen LogP) is 2.72. The van der Waals surface area contributed by atoms with E-state index in [-0.39, 0.29) is 26.6 Å². The smallest absolute Gasteiger partial charge is 0.357 e. The number of hydrogen-bond acceptors (Lipinski definition) is 5. The molecule has 2 amide bonds. The van der Waals surface area contributed by atoms with E-state index in [1.54, 1.807) is 18.2 Å². The lowest BCUT2D eigenvalue weighted by Gasteiger charge is -2.33. The Balaban J connectivity index is 2.05. The number of carbonyl (C=O) groups is 3. The highest BCUT2D eigenvalue weighted by atomic mass is 79.9. The molecule has 1 aromatic heterocycles. The van der Waals surface area contributed by atoms with Gasteiger partial charge in [0.05, 0.1) is 15.1 Å². The molecule has 154 valence electrons. The number of benzene rings is 1. The molecule has 0 bridgehead atoms. The number of nitrogens with one attached hydrogen (secondary N) is 1. The van der Waals surface area contributed by atoms with Gasteiger partial charge < -0.3 is 16.2 Å². The Hall–Kier alpha value is -2.43. The van der Waals surface area contributed by atoms with Gasteiger partial charge in [-0.1, -0.05) is 30.2 Å². The van der Waals surface area contributed by atoms with E-state index in [9.17, 15) is 19.5 Å². The molecule has 2 aromatic rings. The molecule has 2 heterocycles. The Bertz CT molecular complexity index is 958. The van der Waals surface area contributed by atoms with Crippen molar-refractivity contribution in [3.63, 3.8) is 0 Å². The molecule has 0 aliphatic carbocycles. The molecule has 3 rings (SSSR count). The van der Waals surface area contributed by atoms with Crippen LogP contribution in [-0.2, 0) is 4.79 Å². The molecule has 9 nitrogen and oxygen atoms in total. The predicted molar refractivity (Wildman–Crippen MR) is 110 cm³/mol. The second kappa shape index (κ2) is 8.93. The minimum Gasteiger partial charge on any atom is -0.476 e. The summed E-state index contributed by atoms with van der Waals surface area (Å²) in [5, 5.41) is 16.4. The molecule has 29 heavy (non-hydrogen) atoms. The fourth-order valence-corrected chi connectivity index (χ4v) is 4.03. The molecule has 4 N–H and O–H groups in total. The van der Waals surface area contributed by atoms with E-state index in [4.69, 9.17) is 17.3 Å². The highest BCUT2D eigenvalue weighted by Crippen LogP contribution is 2.32. The first kappa shape index (κ1) is 21.3. The van der Waals surface area contributed by atoms with Crippen molar-refractivity contribution in [1.29, 1.82) is 0 Å². The van der Waals surface area contributed by atoms with Crippen molar-refractivity contribution in [2.75, 3.05) is 18.4 Å². The third kappa shape index (κ3) is 4.44. The third-order valence-corrected chi connectivity index (χ3v) is 5.71. The fraction of sp³-hybridized carbons (Fsp3) is 0.333. The van der Waals surface area contributed by atoms with Crippen LogP contribution in [-0.4, -0.2) is 50.7 Å². The summed E-state index contributed by atoms with van der Waals surface area (Å²) < 4.78 is 1.18. The summed E-state index contributed by atoms with van der Waals surface area (Å²) in [4.78, 5) is 38.4. The summed E-state index contributed by atoms with van der Waals surface area (Å²) in [6.07, 6.45) is 1.74. The van der Waals surface area contributed by atoms with Crippen molar-refractivity contribution in [2.45, 2.75) is 25.4 Å². The summed E-state index contributed by atoms with van der Waals surface area (Å²) in [5.74, 6) is -2.57. The number of aromatic carboxylic acids is 1. The molecular formula is C18H19BrClN5O4. The van der Waals surface area contributed by atoms with Gasteiger partial charge in [-0.25, -0.2) is 9.48 Å². The van der Waals surface area contributed by atoms with E-state index in [1.807, 2.05) is 4.90 Å². The number of piperidine rings is 1. The Kier molecular flexibility index (Phi) is 6.56. The zero-order valence-electron chi connectivity index (χ0n) is 15.3. The summed E-state index contributed by atoms with van der Waals surface area (Å²) in [6.45, 7) is 1.21. The van der Waals surface area contributed by atoms with Crippen LogP contribution in [0.2, 0.25) is 5.02 Å². The standard InChI is InChI=1S/C18H19BrClN5O4/c19-12-13(18(28)29)23-25(17(14(21)26)24-8-4-1-5-9-24)15(12)22-16(27)10-6-2-3-7-11(10)20/h2-3,6-7,17H,1,4-5,8-9H2,(H2,21,26)(H,22,27)(H,28,29). The van der Waals surface area contributed by atoms with Crippen molar-refractivity contribution in [3.8, 4) is 0 Å². The van der Waals surface area contributed by atoms with Crippen LogP contribution < -0.4 is 11.1 Å². The van der Waals surface area contributed by atoms with Gasteiger partial charge in [-0.05, 0) is 40.9 Å². The van der Waals surface area contributed by atoms with Crippen LogP contribution in [0.15, 0.2) is 28.7 Å².